The molecule has 7 N–H and O–H groups in total. The van der Waals surface area contributed by atoms with Crippen LogP contribution in [-0.2, 0) is 18.9 Å². The second kappa shape index (κ2) is 13.9. The Bertz CT molecular complexity index is 673. The molecule has 3 rings (SSSR count). The van der Waals surface area contributed by atoms with Crippen LogP contribution in [0.15, 0.2) is 5.11 Å². The number of rotatable bonds is 5. The molecule has 0 aromatic rings. The van der Waals surface area contributed by atoms with Gasteiger partial charge in [0.05, 0.1) is 25.4 Å². The molecule has 0 spiro atoms. The molecular weight excluding hydrogens is 462 g/mol. The van der Waals surface area contributed by atoms with Crippen molar-refractivity contribution in [2.45, 2.75) is 72.6 Å². The molecule has 12 atom stereocenters. The van der Waals surface area contributed by atoms with Crippen molar-refractivity contribution in [3.8, 4) is 0 Å². The number of hydrogen-bond donors (Lipinski definition) is 7. The van der Waals surface area contributed by atoms with Crippen molar-refractivity contribution in [3.05, 3.63) is 10.4 Å². The van der Waals surface area contributed by atoms with Crippen molar-refractivity contribution in [1.29, 1.82) is 0 Å². The Morgan fingerprint density at radius 3 is 1.76 bits per heavy atom. The molecule has 0 saturated carbocycles. The quantitative estimate of drug-likeness (QED) is 0.0838. The lowest BCUT2D eigenvalue weighted by Gasteiger charge is -2.19. The molecule has 0 bridgehead atoms. The highest BCUT2D eigenvalue weighted by atomic mass is 19.2. The van der Waals surface area contributed by atoms with Gasteiger partial charge in [0.25, 0.3) is 5.85 Å². The minimum Gasteiger partial charge on any atom is -0.394 e. The molecule has 34 heavy (non-hydrogen) atoms. The monoisotopic (exact) mass is 489 g/mol. The Labute approximate surface area is 198 Å². The van der Waals surface area contributed by atoms with Crippen LogP contribution in [0.5, 0.6) is 0 Å². The van der Waals surface area contributed by atoms with Gasteiger partial charge in [0.2, 0.25) is 0 Å². The lowest BCUT2D eigenvalue weighted by Crippen LogP contribution is -2.42. The molecule has 14 nitrogen and oxygen atoms in total. The maximum absolute atomic E-state index is 13.0. The molecular formula is C16H27B3FN3O11. The van der Waals surface area contributed by atoms with Crippen LogP contribution in [0.3, 0.4) is 0 Å². The van der Waals surface area contributed by atoms with Crippen molar-refractivity contribution in [2.75, 3.05) is 26.9 Å². The van der Waals surface area contributed by atoms with Gasteiger partial charge in [-0.05, 0) is 5.53 Å². The summed E-state index contributed by atoms with van der Waals surface area (Å²) >= 11 is 0. The smallest absolute Gasteiger partial charge is 0.260 e. The number of ether oxygens (including phenoxy) is 4. The summed E-state index contributed by atoms with van der Waals surface area (Å²) < 4.78 is 32.0. The van der Waals surface area contributed by atoms with Crippen LogP contribution in [0.25, 0.3) is 10.4 Å². The molecule has 3 saturated heterocycles. The number of hydrogen-bond acceptors (Lipinski definition) is 12. The van der Waals surface area contributed by atoms with Gasteiger partial charge in [-0.15, -0.1) is 0 Å². The zero-order valence-electron chi connectivity index (χ0n) is 18.2. The summed E-state index contributed by atoms with van der Waals surface area (Å²) in [5.41, 5.74) is 8.09. The molecule has 6 radical (unpaired) electrons. The van der Waals surface area contributed by atoms with Gasteiger partial charge in [0.15, 0.2) is 0 Å². The van der Waals surface area contributed by atoms with Crippen LogP contribution in [0, 0.1) is 0 Å². The number of azide groups is 1. The first-order valence-electron chi connectivity index (χ1n) is 9.98. The van der Waals surface area contributed by atoms with Gasteiger partial charge in [-0.25, -0.2) is 4.39 Å². The van der Waals surface area contributed by atoms with Crippen molar-refractivity contribution in [1.82, 2.24) is 0 Å². The number of methoxy groups -OCH3 is 1. The second-order valence-electron chi connectivity index (χ2n) is 7.48. The van der Waals surface area contributed by atoms with Gasteiger partial charge in [-0.2, -0.15) is 0 Å². The molecule has 0 aliphatic carbocycles. The Balaban J connectivity index is 0.000000255. The fourth-order valence-electron chi connectivity index (χ4n) is 3.24. The highest BCUT2D eigenvalue weighted by Crippen LogP contribution is 2.30. The number of aliphatic hydroxyl groups is 7. The normalized spacial score (nSPS) is 45.5. The molecule has 0 aromatic heterocycles. The molecule has 0 unspecified atom stereocenters. The predicted octanol–water partition coefficient (Wildman–Crippen LogP) is -4.95. The summed E-state index contributed by atoms with van der Waals surface area (Å²) in [5.74, 6) is -2.63. The Hall–Kier alpha value is -1.01. The third-order valence-corrected chi connectivity index (χ3v) is 5.24. The SMILES string of the molecule is [B][C@@H]1O[C@H](CO)[C@@H](O)[C@H]1N=[N+]=[N-].[B][C@@H]1O[C@H](CO)[C@@H](O)[C@H]1OC.[B][C@@H]1O[C@](F)(CO)[C@@H](O)[C@H]1O. The van der Waals surface area contributed by atoms with E-state index in [1.165, 1.54) is 7.11 Å². The molecule has 3 heterocycles. The van der Waals surface area contributed by atoms with Gasteiger partial charge in [0, 0.05) is 30.0 Å². The summed E-state index contributed by atoms with van der Waals surface area (Å²) in [7, 11) is 17.3. The first-order valence-corrected chi connectivity index (χ1v) is 9.98. The van der Waals surface area contributed by atoms with E-state index in [1.807, 2.05) is 0 Å². The number of nitrogens with zero attached hydrogens (tertiary/aromatic N) is 3. The zero-order chi connectivity index (χ0) is 26.2. The molecule has 0 amide bonds. The average molecular weight is 489 g/mol. The van der Waals surface area contributed by atoms with Crippen LogP contribution in [0.1, 0.15) is 0 Å². The second-order valence-corrected chi connectivity index (χ2v) is 7.48. The van der Waals surface area contributed by atoms with Crippen LogP contribution in [0.2, 0.25) is 0 Å². The molecule has 3 fully saturated rings. The average Bonchev–Trinajstić information content (AvgIpc) is 3.33. The number of halogens is 1. The summed E-state index contributed by atoms with van der Waals surface area (Å²) in [4.78, 5) is 2.51. The number of alkyl halides is 1. The van der Waals surface area contributed by atoms with Crippen LogP contribution >= 0.6 is 0 Å². The minimum absolute atomic E-state index is 0.241. The van der Waals surface area contributed by atoms with E-state index in [1.54, 1.807) is 0 Å². The lowest BCUT2D eigenvalue weighted by molar-refractivity contribution is -0.186. The summed E-state index contributed by atoms with van der Waals surface area (Å²) in [5, 5.41) is 65.4. The zero-order valence-corrected chi connectivity index (χ0v) is 18.2. The fourth-order valence-corrected chi connectivity index (χ4v) is 3.24. The van der Waals surface area contributed by atoms with E-state index in [0.29, 0.717) is 0 Å². The Morgan fingerprint density at radius 2 is 1.47 bits per heavy atom. The van der Waals surface area contributed by atoms with E-state index in [0.717, 1.165) is 0 Å². The maximum atomic E-state index is 13.0. The van der Waals surface area contributed by atoms with E-state index < -0.39 is 79.2 Å². The molecule has 3 aliphatic heterocycles. The molecule has 0 aromatic carbocycles. The maximum Gasteiger partial charge on any atom is 0.260 e. The van der Waals surface area contributed by atoms with E-state index in [2.05, 4.69) is 14.8 Å². The Kier molecular flexibility index (Phi) is 12.7. The topological polar surface area (TPSA) is 227 Å². The van der Waals surface area contributed by atoms with E-state index in [9.17, 15) is 14.6 Å². The molecule has 188 valence electrons. The van der Waals surface area contributed by atoms with E-state index >= 15 is 0 Å². The summed E-state index contributed by atoms with van der Waals surface area (Å²) in [6.07, 6.45) is -7.05. The van der Waals surface area contributed by atoms with Gasteiger partial charge < -0.3 is 54.7 Å². The highest BCUT2D eigenvalue weighted by molar-refractivity contribution is 6.12. The summed E-state index contributed by atoms with van der Waals surface area (Å²) in [6.45, 7) is -1.61. The number of aliphatic hydroxyl groups excluding tert-OH is 7. The fraction of sp³-hybridized carbons (Fsp3) is 1.00. The van der Waals surface area contributed by atoms with Gasteiger partial charge in [-0.1, -0.05) is 5.11 Å². The van der Waals surface area contributed by atoms with Crippen molar-refractivity contribution in [2.24, 2.45) is 5.11 Å². The minimum atomic E-state index is -2.63. The lowest BCUT2D eigenvalue weighted by atomic mass is 9.91. The van der Waals surface area contributed by atoms with E-state index in [-0.39, 0.29) is 13.2 Å². The van der Waals surface area contributed by atoms with Crippen molar-refractivity contribution in [3.63, 3.8) is 0 Å². The standard InChI is InChI=1S/C6H11BO4.C5H8BFO4.C5H8BN3O3/c1-10-5-4(9)3(2-8)11-6(5)7;6-4-2(9)3(10)5(7,1-8)11-4;6-5-3(8-9-7)4(11)2(1-10)12-5/h3-6,8-9H,2H2,1H3;2-4,8-10H,1H2;2-5,10-11H,1H2/t3-,4-,5-,6-;2-,3+,4-,5-;2-,3-,4-,5-/m111/s1. The van der Waals surface area contributed by atoms with Crippen molar-refractivity contribution < 1.29 is 59.1 Å². The van der Waals surface area contributed by atoms with Crippen LogP contribution in [-0.4, -0.2) is 159 Å². The van der Waals surface area contributed by atoms with Gasteiger partial charge in [-0.3, -0.25) is 0 Å². The first kappa shape index (κ1) is 31.0. The largest absolute Gasteiger partial charge is 0.394 e. The van der Waals surface area contributed by atoms with Crippen molar-refractivity contribution >= 4 is 23.5 Å². The van der Waals surface area contributed by atoms with Gasteiger partial charge in [0.1, 0.15) is 66.8 Å². The third kappa shape index (κ3) is 7.26. The molecule has 3 aliphatic rings. The van der Waals surface area contributed by atoms with Crippen LogP contribution < -0.4 is 0 Å². The van der Waals surface area contributed by atoms with Gasteiger partial charge >= 0.3 is 0 Å². The third-order valence-electron chi connectivity index (χ3n) is 5.24. The summed E-state index contributed by atoms with van der Waals surface area (Å²) in [6, 6.07) is -3.59. The predicted molar refractivity (Wildman–Crippen MR) is 112 cm³/mol. The molecule has 18 heteroatoms. The first-order chi connectivity index (χ1) is 15.9. The highest BCUT2D eigenvalue weighted by Gasteiger charge is 2.52. The van der Waals surface area contributed by atoms with Crippen LogP contribution in [0.4, 0.5) is 4.39 Å². The Morgan fingerprint density at radius 1 is 0.941 bits per heavy atom. The van der Waals surface area contributed by atoms with E-state index in [4.69, 9.17) is 68.8 Å².